The quantitative estimate of drug-likeness (QED) is 0.464. The summed E-state index contributed by atoms with van der Waals surface area (Å²) >= 11 is 0. The molecule has 9 nitrogen and oxygen atoms in total. The Morgan fingerprint density at radius 2 is 2.16 bits per heavy atom. The number of rotatable bonds is 7. The van der Waals surface area contributed by atoms with Gasteiger partial charge in [0.25, 0.3) is 0 Å². The van der Waals surface area contributed by atoms with E-state index in [4.69, 9.17) is 10.1 Å². The highest BCUT2D eigenvalue weighted by Gasteiger charge is 2.51. The molecule has 1 aromatic carbocycles. The number of carbonyl (C=O) groups is 1. The number of fused-ring (bicyclic) bond motifs is 1. The van der Waals surface area contributed by atoms with Gasteiger partial charge in [0, 0.05) is 37.8 Å². The van der Waals surface area contributed by atoms with Crippen LogP contribution < -0.4 is 5.32 Å². The van der Waals surface area contributed by atoms with Crippen LogP contribution in [-0.2, 0) is 17.8 Å². The fraction of sp³-hybridized carbons (Fsp3) is 0.393. The molecule has 0 bridgehead atoms. The average molecular weight is 498 g/mol. The molecule has 5 rings (SSSR count). The maximum Gasteiger partial charge on any atom is 0.410 e. The molecule has 2 N–H and O–H groups in total. The van der Waals surface area contributed by atoms with E-state index in [2.05, 4.69) is 32.8 Å². The van der Waals surface area contributed by atoms with Gasteiger partial charge < -0.3 is 20.0 Å². The highest BCUT2D eigenvalue weighted by molar-refractivity contribution is 6.08. The highest BCUT2D eigenvalue weighted by atomic mass is 16.6. The molecule has 2 fully saturated rings. The van der Waals surface area contributed by atoms with E-state index in [0.717, 1.165) is 60.1 Å². The van der Waals surface area contributed by atoms with E-state index in [9.17, 15) is 10.1 Å². The van der Waals surface area contributed by atoms with Crippen LogP contribution in [0.3, 0.4) is 0 Å². The summed E-state index contributed by atoms with van der Waals surface area (Å²) in [5.74, 6) is 0. The van der Waals surface area contributed by atoms with Gasteiger partial charge in [0.05, 0.1) is 47.8 Å². The van der Waals surface area contributed by atoms with Crippen molar-refractivity contribution in [1.29, 1.82) is 10.7 Å². The summed E-state index contributed by atoms with van der Waals surface area (Å²) in [5, 5.41) is 19.9. The van der Waals surface area contributed by atoms with Crippen LogP contribution >= 0.6 is 0 Å². The van der Waals surface area contributed by atoms with Crippen molar-refractivity contribution in [2.75, 3.05) is 13.6 Å². The largest absolute Gasteiger partial charge is 0.441 e. The summed E-state index contributed by atoms with van der Waals surface area (Å²) in [6.07, 6.45) is 9.90. The lowest BCUT2D eigenvalue weighted by molar-refractivity contribution is -0.0270. The summed E-state index contributed by atoms with van der Waals surface area (Å²) in [5.41, 5.74) is 4.20. The summed E-state index contributed by atoms with van der Waals surface area (Å²) in [6.45, 7) is 3.88. The Morgan fingerprint density at radius 1 is 1.30 bits per heavy atom. The molecule has 3 heterocycles. The van der Waals surface area contributed by atoms with Crippen molar-refractivity contribution in [2.24, 2.45) is 5.41 Å². The predicted molar refractivity (Wildman–Crippen MR) is 141 cm³/mol. The maximum atomic E-state index is 13.0. The number of nitrogens with zero attached hydrogens (tertiary/aromatic N) is 5. The van der Waals surface area contributed by atoms with Crippen molar-refractivity contribution in [1.82, 2.24) is 24.8 Å². The molecule has 1 aliphatic carbocycles. The zero-order valence-electron chi connectivity index (χ0n) is 21.2. The summed E-state index contributed by atoms with van der Waals surface area (Å²) < 4.78 is 8.21. The average Bonchev–Trinajstić information content (AvgIpc) is 3.41. The second kappa shape index (κ2) is 9.69. The predicted octanol–water partition coefficient (Wildman–Crippen LogP) is 4.48. The van der Waals surface area contributed by atoms with Crippen molar-refractivity contribution in [2.45, 2.75) is 51.3 Å². The number of hydrogen-bond donors (Lipinski definition) is 2. The molecule has 0 unspecified atom stereocenters. The van der Waals surface area contributed by atoms with Crippen LogP contribution in [0.1, 0.15) is 49.4 Å². The third kappa shape index (κ3) is 4.92. The topological polar surface area (TPSA) is 120 Å². The number of allylic oxidation sites excluding steroid dienone is 1. The number of hydrogen-bond acceptors (Lipinski definition) is 7. The van der Waals surface area contributed by atoms with Gasteiger partial charge in [0.2, 0.25) is 0 Å². The molecule has 3 aromatic rings. The first kappa shape index (κ1) is 24.5. The van der Waals surface area contributed by atoms with Crippen molar-refractivity contribution < 1.29 is 9.53 Å². The van der Waals surface area contributed by atoms with Crippen molar-refractivity contribution >= 4 is 28.9 Å². The number of nitriles is 1. The SMILES string of the molecule is CN/C=C(\C=N)c1ccnc(CN2C[C@]3(CCC[C@](C)(Cn4cnc5ccc(C#N)cc54)C3)OC2=O)c1. The van der Waals surface area contributed by atoms with Crippen molar-refractivity contribution in [3.8, 4) is 6.07 Å². The van der Waals surface area contributed by atoms with E-state index in [0.29, 0.717) is 18.7 Å². The molecule has 1 saturated heterocycles. The number of benzene rings is 1. The molecule has 190 valence electrons. The minimum absolute atomic E-state index is 0.0835. The van der Waals surface area contributed by atoms with Gasteiger partial charge in [0.1, 0.15) is 5.60 Å². The Hall–Kier alpha value is -4.19. The molecule has 2 aromatic heterocycles. The van der Waals surface area contributed by atoms with E-state index >= 15 is 0 Å². The van der Waals surface area contributed by atoms with Gasteiger partial charge in [-0.1, -0.05) is 6.92 Å². The smallest absolute Gasteiger partial charge is 0.410 e. The zero-order valence-corrected chi connectivity index (χ0v) is 21.2. The lowest BCUT2D eigenvalue weighted by atomic mass is 9.68. The Kier molecular flexibility index (Phi) is 6.42. The minimum atomic E-state index is -0.526. The molecule has 9 heteroatoms. The molecule has 37 heavy (non-hydrogen) atoms. The zero-order chi connectivity index (χ0) is 26.0. The Bertz CT molecular complexity index is 1420. The first-order valence-electron chi connectivity index (χ1n) is 12.5. The Morgan fingerprint density at radius 3 is 2.95 bits per heavy atom. The molecule has 1 aliphatic heterocycles. The van der Waals surface area contributed by atoms with E-state index in [1.807, 2.05) is 30.6 Å². The maximum absolute atomic E-state index is 13.0. The van der Waals surface area contributed by atoms with Crippen LogP contribution in [-0.4, -0.2) is 50.9 Å². The van der Waals surface area contributed by atoms with E-state index in [1.165, 1.54) is 6.21 Å². The van der Waals surface area contributed by atoms with Gasteiger partial charge in [-0.05, 0) is 67.0 Å². The van der Waals surface area contributed by atoms with Gasteiger partial charge in [-0.25, -0.2) is 9.78 Å². The second-order valence-corrected chi connectivity index (χ2v) is 10.5. The van der Waals surface area contributed by atoms with Crippen molar-refractivity contribution in [3.05, 3.63) is 65.9 Å². The van der Waals surface area contributed by atoms with E-state index in [-0.39, 0.29) is 11.5 Å². The number of nitrogens with one attached hydrogen (secondary N) is 2. The molecule has 1 spiro atoms. The minimum Gasteiger partial charge on any atom is -0.441 e. The third-order valence-electron chi connectivity index (χ3n) is 7.46. The van der Waals surface area contributed by atoms with Gasteiger partial charge in [-0.15, -0.1) is 0 Å². The molecule has 1 amide bonds. The summed E-state index contributed by atoms with van der Waals surface area (Å²) in [6, 6.07) is 11.5. The van der Waals surface area contributed by atoms with Crippen LogP contribution in [0.4, 0.5) is 4.79 Å². The number of aromatic nitrogens is 3. The fourth-order valence-corrected chi connectivity index (χ4v) is 5.93. The van der Waals surface area contributed by atoms with Crippen LogP contribution in [0.2, 0.25) is 0 Å². The van der Waals surface area contributed by atoms with Crippen molar-refractivity contribution in [3.63, 3.8) is 0 Å². The first-order valence-corrected chi connectivity index (χ1v) is 12.5. The monoisotopic (exact) mass is 497 g/mol. The van der Waals surface area contributed by atoms with E-state index < -0.39 is 5.60 Å². The highest BCUT2D eigenvalue weighted by Crippen LogP contribution is 2.47. The number of imidazole rings is 1. The van der Waals surface area contributed by atoms with Crippen LogP contribution in [0.15, 0.2) is 49.1 Å². The second-order valence-electron chi connectivity index (χ2n) is 10.5. The molecular formula is C28H31N7O2. The fourth-order valence-electron chi connectivity index (χ4n) is 5.93. The molecule has 0 radical (unpaired) electrons. The Labute approximate surface area is 216 Å². The summed E-state index contributed by atoms with van der Waals surface area (Å²) in [4.78, 5) is 23.7. The Balaban J connectivity index is 1.32. The lowest BCUT2D eigenvalue weighted by Crippen LogP contribution is -2.44. The van der Waals surface area contributed by atoms with Gasteiger partial charge >= 0.3 is 6.09 Å². The van der Waals surface area contributed by atoms with Gasteiger partial charge in [-0.3, -0.25) is 9.88 Å². The first-order chi connectivity index (χ1) is 17.9. The number of pyridine rings is 1. The van der Waals surface area contributed by atoms with Crippen LogP contribution in [0.25, 0.3) is 16.6 Å². The van der Waals surface area contributed by atoms with Gasteiger partial charge in [-0.2, -0.15) is 5.26 Å². The normalized spacial score (nSPS) is 23.8. The molecule has 2 atom stereocenters. The van der Waals surface area contributed by atoms with Gasteiger partial charge in [0.15, 0.2) is 0 Å². The lowest BCUT2D eigenvalue weighted by Gasteiger charge is -2.43. The summed E-state index contributed by atoms with van der Waals surface area (Å²) in [7, 11) is 1.79. The van der Waals surface area contributed by atoms with E-state index in [1.54, 1.807) is 30.4 Å². The molecule has 1 saturated carbocycles. The number of amides is 1. The number of ether oxygens (including phenoxy) is 1. The molecular weight excluding hydrogens is 466 g/mol. The third-order valence-corrected chi connectivity index (χ3v) is 7.46. The van der Waals surface area contributed by atoms with Crippen LogP contribution in [0.5, 0.6) is 0 Å². The molecule has 2 aliphatic rings. The van der Waals surface area contributed by atoms with Crippen LogP contribution in [0, 0.1) is 22.2 Å². The number of carbonyl (C=O) groups excluding carboxylic acids is 1. The standard InChI is InChI=1S/C28H31N7O2/c1-27(17-35-19-33-24-5-4-20(12-29)10-25(24)35)7-3-8-28(16-27)18-34(26(36)37-28)15-23-11-21(6-9-32-23)22(13-30)14-31-2/h4-6,9-11,13-14,19,30-31H,3,7-8,15-18H2,1-2H3/b22-14+,30-13?/t27-,28+/m0/s1.